The first-order valence-electron chi connectivity index (χ1n) is 5.38. The van der Waals surface area contributed by atoms with E-state index in [0.717, 1.165) is 39.3 Å². The topological polar surface area (TPSA) is 36.5 Å². The van der Waals surface area contributed by atoms with Gasteiger partial charge >= 0.3 is 91.4 Å². The molecule has 0 aromatic heterocycles. The first kappa shape index (κ1) is 23.5. The predicted octanol–water partition coefficient (Wildman–Crippen LogP) is 1.47. The number of hydrogen-bond acceptors (Lipinski definition) is 4. The molecular weight excluding hydrogens is 320 g/mol. The summed E-state index contributed by atoms with van der Waals surface area (Å²) in [5.74, 6) is 0. The fourth-order valence-corrected chi connectivity index (χ4v) is 4.07. The molecule has 108 valence electrons. The van der Waals surface area contributed by atoms with Gasteiger partial charge in [-0.2, -0.15) is 0 Å². The molecule has 1 rings (SSSR count). The van der Waals surface area contributed by atoms with Crippen LogP contribution in [0.25, 0.3) is 0 Å². The van der Waals surface area contributed by atoms with Crippen LogP contribution in [0, 0.1) is 0 Å². The fraction of sp³-hybridized carbons (Fsp3) is 1.00. The zero-order valence-electron chi connectivity index (χ0n) is 10.8. The van der Waals surface area contributed by atoms with Crippen LogP contribution in [0.5, 0.6) is 0 Å². The minimum absolute atomic E-state index is 0. The molecule has 2 N–H and O–H groups in total. The summed E-state index contributed by atoms with van der Waals surface area (Å²) in [6, 6.07) is 0. The van der Waals surface area contributed by atoms with E-state index >= 15 is 0 Å². The van der Waals surface area contributed by atoms with Crippen molar-refractivity contribution in [1.82, 2.24) is 14.0 Å². The molecule has 0 saturated carbocycles. The molecule has 1 aliphatic rings. The number of rotatable bonds is 2. The molecule has 8 heteroatoms. The molecule has 4 nitrogen and oxygen atoms in total. The maximum Gasteiger partial charge on any atom is -0.147 e. The summed E-state index contributed by atoms with van der Waals surface area (Å²) >= 11 is -2.10. The van der Waals surface area contributed by atoms with E-state index in [4.69, 9.17) is 3.32 Å². The van der Waals surface area contributed by atoms with Crippen LogP contribution in [-0.4, -0.2) is 49.8 Å². The summed E-state index contributed by atoms with van der Waals surface area (Å²) in [5, 5.41) is 11.5. The van der Waals surface area contributed by atoms with Crippen molar-refractivity contribution >= 4 is 37.2 Å². The molecule has 0 aromatic carbocycles. The van der Waals surface area contributed by atoms with Crippen molar-refractivity contribution in [3.63, 3.8) is 0 Å². The Kier molecular flexibility index (Phi) is 17.2. The van der Waals surface area contributed by atoms with Gasteiger partial charge < -0.3 is 0 Å². The molecule has 0 bridgehead atoms. The van der Waals surface area contributed by atoms with Crippen molar-refractivity contribution < 1.29 is 20.6 Å². The van der Waals surface area contributed by atoms with Crippen molar-refractivity contribution in [3.8, 4) is 0 Å². The number of hydrogen-bond donors (Lipinski definition) is 2. The third-order valence-electron chi connectivity index (χ3n) is 2.86. The number of nitrogens with zero attached hydrogens (tertiary/aromatic N) is 1. The van der Waals surface area contributed by atoms with Crippen LogP contribution in [-0.2, 0) is 20.6 Å². The zero-order valence-corrected chi connectivity index (χ0v) is 14.8. The van der Waals surface area contributed by atoms with Crippen LogP contribution in [0.15, 0.2) is 0 Å². The van der Waals surface area contributed by atoms with Crippen LogP contribution in [0.3, 0.4) is 0 Å². The Morgan fingerprint density at radius 3 is 1.65 bits per heavy atom. The standard InChI is InChI=1S/C6H14N3.CH3O.2CH3.3ClH.Ti/c1-2-8-5-6-9-4-3-7-1;1-2;;;;;;/h7-8H,1-6H2;1H3;2*1H3;3*1H;/q2*-1;;;;;;+2. The second-order valence-electron chi connectivity index (χ2n) is 4.14. The zero-order chi connectivity index (χ0) is 10.4. The largest absolute Gasteiger partial charge is 0.147 e. The summed E-state index contributed by atoms with van der Waals surface area (Å²) in [6.45, 7) is 6.58. The molecule has 1 fully saturated rings. The Morgan fingerprint density at radius 1 is 0.882 bits per heavy atom. The third kappa shape index (κ3) is 9.03. The van der Waals surface area contributed by atoms with Crippen LogP contribution in [0.2, 0.25) is 10.5 Å². The molecule has 0 amide bonds. The van der Waals surface area contributed by atoms with Gasteiger partial charge in [0.25, 0.3) is 0 Å². The summed E-state index contributed by atoms with van der Waals surface area (Å²) in [6.07, 6.45) is 0. The minimum Gasteiger partial charge on any atom is -0.147 e. The van der Waals surface area contributed by atoms with E-state index in [2.05, 4.69) is 24.5 Å². The van der Waals surface area contributed by atoms with E-state index in [-0.39, 0.29) is 37.2 Å². The number of nitrogens with one attached hydrogen (secondary N) is 2. The van der Waals surface area contributed by atoms with Gasteiger partial charge in [-0.1, -0.05) is 0 Å². The van der Waals surface area contributed by atoms with Crippen molar-refractivity contribution in [2.75, 3.05) is 46.4 Å². The second kappa shape index (κ2) is 12.5. The molecule has 1 aliphatic heterocycles. The molecule has 0 aromatic rings. The van der Waals surface area contributed by atoms with Crippen molar-refractivity contribution in [3.05, 3.63) is 0 Å². The average molecular weight is 347 g/mol. The molecule has 0 unspecified atom stereocenters. The van der Waals surface area contributed by atoms with E-state index in [0.29, 0.717) is 0 Å². The predicted molar refractivity (Wildman–Crippen MR) is 77.8 cm³/mol. The van der Waals surface area contributed by atoms with Gasteiger partial charge in [-0.05, 0) is 0 Å². The van der Waals surface area contributed by atoms with Crippen LogP contribution in [0.1, 0.15) is 0 Å². The molecule has 0 aliphatic carbocycles. The maximum atomic E-state index is 5.67. The van der Waals surface area contributed by atoms with Gasteiger partial charge in [-0.25, -0.2) is 0 Å². The van der Waals surface area contributed by atoms with Crippen molar-refractivity contribution in [2.45, 2.75) is 10.5 Å². The Bertz CT molecular complexity index is 168. The summed E-state index contributed by atoms with van der Waals surface area (Å²) in [7, 11) is 1.85. The van der Waals surface area contributed by atoms with E-state index in [1.807, 2.05) is 7.11 Å². The molecule has 1 heterocycles. The summed E-state index contributed by atoms with van der Waals surface area (Å²) in [5.41, 5.74) is 0. The van der Waals surface area contributed by atoms with Crippen LogP contribution < -0.4 is 10.6 Å². The third-order valence-corrected chi connectivity index (χ3v) is 7.49. The van der Waals surface area contributed by atoms with Crippen molar-refractivity contribution in [1.29, 1.82) is 0 Å². The second-order valence-corrected chi connectivity index (χ2v) is 10.3. The van der Waals surface area contributed by atoms with Gasteiger partial charge in [-0.15, -0.1) is 37.2 Å². The van der Waals surface area contributed by atoms with E-state index in [1.165, 1.54) is 0 Å². The normalized spacial score (nSPS) is 18.5. The summed E-state index contributed by atoms with van der Waals surface area (Å²) < 4.78 is 8.22. The Hall–Kier alpha value is 1.42. The van der Waals surface area contributed by atoms with Crippen LogP contribution in [0.4, 0.5) is 0 Å². The Morgan fingerprint density at radius 2 is 1.29 bits per heavy atom. The van der Waals surface area contributed by atoms with E-state index in [1.54, 1.807) is 0 Å². The molecule has 1 saturated heterocycles. The minimum atomic E-state index is -2.10. The smallest absolute Gasteiger partial charge is 0.147 e. The SMILES string of the molecule is C[O][Ti]([CH3])([CH3])[N]1CCNCCNCC1.Cl.Cl.Cl. The first-order chi connectivity index (χ1) is 6.67. The quantitative estimate of drug-likeness (QED) is 0.743. The molecule has 0 atom stereocenters. The maximum absolute atomic E-state index is 5.67. The van der Waals surface area contributed by atoms with Gasteiger partial charge in [0.2, 0.25) is 0 Å². The monoisotopic (exact) mass is 345 g/mol. The van der Waals surface area contributed by atoms with Gasteiger partial charge in [-0.3, -0.25) is 0 Å². The van der Waals surface area contributed by atoms with Gasteiger partial charge in [0.1, 0.15) is 0 Å². The van der Waals surface area contributed by atoms with E-state index in [9.17, 15) is 0 Å². The Labute approximate surface area is 128 Å². The average Bonchev–Trinajstić information content (AvgIpc) is 2.30. The van der Waals surface area contributed by atoms with Gasteiger partial charge in [0.05, 0.1) is 0 Å². The molecule has 17 heavy (non-hydrogen) atoms. The van der Waals surface area contributed by atoms with Crippen LogP contribution >= 0.6 is 37.2 Å². The first-order valence-corrected chi connectivity index (χ1v) is 9.84. The molecule has 0 radical (unpaired) electrons. The van der Waals surface area contributed by atoms with Gasteiger partial charge in [0, 0.05) is 0 Å². The fourth-order valence-electron chi connectivity index (χ4n) is 1.63. The molecule has 0 spiro atoms. The Balaban J connectivity index is -0.000000653. The van der Waals surface area contributed by atoms with Gasteiger partial charge in [0.15, 0.2) is 0 Å². The van der Waals surface area contributed by atoms with Crippen molar-refractivity contribution in [2.24, 2.45) is 0 Å². The number of halogens is 3. The summed E-state index contributed by atoms with van der Waals surface area (Å²) in [4.78, 5) is 0. The molecular formula is C9H26Cl3N3OTi. The van der Waals surface area contributed by atoms with E-state index < -0.39 is 17.2 Å².